The highest BCUT2D eigenvalue weighted by Gasteiger charge is 2.42. The van der Waals surface area contributed by atoms with E-state index in [-0.39, 0.29) is 53.1 Å². The Morgan fingerprint density at radius 2 is 1.13 bits per heavy atom. The van der Waals surface area contributed by atoms with Crippen molar-refractivity contribution in [3.05, 3.63) is 46.6 Å². The molecule has 158 valence electrons. The van der Waals surface area contributed by atoms with Gasteiger partial charge in [-0.1, -0.05) is 31.2 Å². The lowest BCUT2D eigenvalue weighted by molar-refractivity contribution is 0.317. The van der Waals surface area contributed by atoms with E-state index in [2.05, 4.69) is 31.2 Å². The maximum atomic E-state index is 10.7. The Morgan fingerprint density at radius 3 is 1.57 bits per heavy atom. The fourth-order valence-electron chi connectivity index (χ4n) is 6.37. The van der Waals surface area contributed by atoms with Crippen molar-refractivity contribution in [2.45, 2.75) is 69.4 Å². The van der Waals surface area contributed by atoms with Crippen LogP contribution in [0.25, 0.3) is 0 Å². The van der Waals surface area contributed by atoms with Crippen molar-refractivity contribution in [2.24, 2.45) is 5.92 Å². The van der Waals surface area contributed by atoms with Gasteiger partial charge < -0.3 is 20.4 Å². The summed E-state index contributed by atoms with van der Waals surface area (Å²) in [7, 11) is 0. The topological polar surface area (TPSA) is 90.8 Å². The van der Waals surface area contributed by atoms with Crippen molar-refractivity contribution in [2.75, 3.05) is 0 Å². The summed E-state index contributed by atoms with van der Waals surface area (Å²) in [5.41, 5.74) is 3.64. The Balaban J connectivity index is 1.13. The lowest BCUT2D eigenvalue weighted by atomic mass is 10.0. The molecular weight excluding hydrogens is 380 g/mol. The third-order valence-electron chi connectivity index (χ3n) is 7.79. The van der Waals surface area contributed by atoms with Crippen molar-refractivity contribution in [1.29, 1.82) is 0 Å². The van der Waals surface area contributed by atoms with Gasteiger partial charge in [-0.2, -0.15) is 0 Å². The highest BCUT2D eigenvalue weighted by Crippen LogP contribution is 2.57. The SMILES string of the molecule is CC(CCCn1c(O)c2c(c1O)C1C=CC2C1)Cn1c(O)c2c(c1O)C1C=CC2C1. The quantitative estimate of drug-likeness (QED) is 0.529. The molecule has 6 rings (SSSR count). The molecule has 0 saturated carbocycles. The van der Waals surface area contributed by atoms with Crippen molar-refractivity contribution < 1.29 is 20.4 Å². The summed E-state index contributed by atoms with van der Waals surface area (Å²) in [6.07, 6.45) is 12.1. The van der Waals surface area contributed by atoms with Crippen LogP contribution in [0.2, 0.25) is 0 Å². The Kier molecular flexibility index (Phi) is 3.68. The Bertz CT molecular complexity index is 1030. The van der Waals surface area contributed by atoms with Crippen LogP contribution in [0.5, 0.6) is 23.5 Å². The molecule has 30 heavy (non-hydrogen) atoms. The predicted octanol–water partition coefficient (Wildman–Crippen LogP) is 4.51. The second-order valence-electron chi connectivity index (χ2n) is 9.63. The zero-order chi connectivity index (χ0) is 20.7. The van der Waals surface area contributed by atoms with Crippen LogP contribution in [0.4, 0.5) is 0 Å². The normalized spacial score (nSPS) is 27.9. The number of nitrogens with zero attached hydrogens (tertiary/aromatic N) is 2. The first-order valence-corrected chi connectivity index (χ1v) is 11.1. The van der Waals surface area contributed by atoms with E-state index >= 15 is 0 Å². The van der Waals surface area contributed by atoms with Gasteiger partial charge in [-0.25, -0.2) is 0 Å². The molecule has 6 heteroatoms. The average molecular weight is 408 g/mol. The van der Waals surface area contributed by atoms with Gasteiger partial charge in [0.05, 0.1) is 0 Å². The van der Waals surface area contributed by atoms with E-state index in [1.54, 1.807) is 9.13 Å². The molecule has 0 aromatic carbocycles. The summed E-state index contributed by atoms with van der Waals surface area (Å²) in [6.45, 7) is 3.22. The molecule has 5 unspecified atom stereocenters. The first-order chi connectivity index (χ1) is 14.5. The molecule has 0 saturated heterocycles. The maximum absolute atomic E-state index is 10.7. The molecule has 0 fully saturated rings. The van der Waals surface area contributed by atoms with Crippen LogP contribution < -0.4 is 0 Å². The van der Waals surface area contributed by atoms with E-state index in [1.165, 1.54) is 0 Å². The summed E-state index contributed by atoms with van der Waals surface area (Å²) in [5, 5.41) is 42.7. The van der Waals surface area contributed by atoms with Crippen LogP contribution in [0, 0.1) is 5.92 Å². The van der Waals surface area contributed by atoms with Gasteiger partial charge in [-0.3, -0.25) is 9.13 Å². The van der Waals surface area contributed by atoms with Crippen molar-refractivity contribution >= 4 is 0 Å². The molecule has 0 amide bonds. The fourth-order valence-corrected chi connectivity index (χ4v) is 6.37. The van der Waals surface area contributed by atoms with Gasteiger partial charge in [0.1, 0.15) is 0 Å². The number of aromatic hydroxyl groups is 4. The van der Waals surface area contributed by atoms with E-state index in [9.17, 15) is 20.4 Å². The molecular formula is C24H28N2O4. The third-order valence-corrected chi connectivity index (χ3v) is 7.79. The minimum Gasteiger partial charge on any atom is -0.494 e. The summed E-state index contributed by atoms with van der Waals surface area (Å²) < 4.78 is 3.30. The largest absolute Gasteiger partial charge is 0.494 e. The molecule has 2 aromatic rings. The highest BCUT2D eigenvalue weighted by molar-refractivity contribution is 5.59. The molecule has 0 spiro atoms. The zero-order valence-corrected chi connectivity index (χ0v) is 17.1. The smallest absolute Gasteiger partial charge is 0.198 e. The molecule has 5 atom stereocenters. The molecule has 4 bridgehead atoms. The standard InChI is InChI=1S/C24H28N2O4/c1-12(11-26-23(29)19-15-6-7-16(10-15)20(19)24(26)30)3-2-8-25-21(27)17-13-4-5-14(9-13)18(17)22(25)28/h4-7,12-16,27-30H,2-3,8-11H2,1H3. The molecule has 2 heterocycles. The van der Waals surface area contributed by atoms with Gasteiger partial charge in [0.2, 0.25) is 0 Å². The average Bonchev–Trinajstić information content (AvgIpc) is 3.55. The molecule has 4 aliphatic rings. The Morgan fingerprint density at radius 1 is 0.733 bits per heavy atom. The van der Waals surface area contributed by atoms with Gasteiger partial charge >= 0.3 is 0 Å². The van der Waals surface area contributed by atoms with Gasteiger partial charge in [-0.05, 0) is 31.6 Å². The van der Waals surface area contributed by atoms with Gasteiger partial charge in [0.25, 0.3) is 0 Å². The monoisotopic (exact) mass is 408 g/mol. The number of aromatic nitrogens is 2. The molecule has 0 radical (unpaired) electrons. The van der Waals surface area contributed by atoms with Crippen LogP contribution in [0.15, 0.2) is 24.3 Å². The lowest BCUT2D eigenvalue weighted by Gasteiger charge is -2.16. The van der Waals surface area contributed by atoms with Crippen LogP contribution >= 0.6 is 0 Å². The second-order valence-corrected chi connectivity index (χ2v) is 9.63. The first kappa shape index (κ1) is 18.0. The van der Waals surface area contributed by atoms with Crippen molar-refractivity contribution in [3.8, 4) is 23.5 Å². The Hall–Kier alpha value is -2.76. The second kappa shape index (κ2) is 6.13. The van der Waals surface area contributed by atoms with Gasteiger partial charge in [0.15, 0.2) is 23.5 Å². The molecule has 4 aliphatic carbocycles. The van der Waals surface area contributed by atoms with Crippen molar-refractivity contribution in [3.63, 3.8) is 0 Å². The number of allylic oxidation sites excluding steroid dienone is 4. The molecule has 4 N–H and O–H groups in total. The summed E-state index contributed by atoms with van der Waals surface area (Å²) in [6, 6.07) is 0. The van der Waals surface area contributed by atoms with Crippen molar-refractivity contribution in [1.82, 2.24) is 9.13 Å². The van der Waals surface area contributed by atoms with E-state index < -0.39 is 0 Å². The number of rotatable bonds is 6. The van der Waals surface area contributed by atoms with Crippen LogP contribution in [-0.4, -0.2) is 29.6 Å². The lowest BCUT2D eigenvalue weighted by Crippen LogP contribution is -2.09. The van der Waals surface area contributed by atoms with Gasteiger partial charge in [-0.15, -0.1) is 0 Å². The van der Waals surface area contributed by atoms with E-state index in [4.69, 9.17) is 0 Å². The Labute approximate surface area is 175 Å². The fraction of sp³-hybridized carbons (Fsp3) is 0.500. The van der Waals surface area contributed by atoms with E-state index in [0.717, 1.165) is 47.9 Å². The minimum atomic E-state index is 0.214. The van der Waals surface area contributed by atoms with E-state index in [1.807, 2.05) is 0 Å². The maximum Gasteiger partial charge on any atom is 0.198 e. The minimum absolute atomic E-state index is 0.214. The molecule has 0 aliphatic heterocycles. The molecule has 2 aromatic heterocycles. The van der Waals surface area contributed by atoms with Crippen LogP contribution in [-0.2, 0) is 13.1 Å². The van der Waals surface area contributed by atoms with Crippen LogP contribution in [0.1, 0.15) is 78.5 Å². The number of fused-ring (bicyclic) bond motifs is 10. The number of hydrogen-bond acceptors (Lipinski definition) is 4. The summed E-state index contributed by atoms with van der Waals surface area (Å²) in [4.78, 5) is 0. The zero-order valence-electron chi connectivity index (χ0n) is 17.1. The van der Waals surface area contributed by atoms with E-state index in [0.29, 0.717) is 13.1 Å². The first-order valence-electron chi connectivity index (χ1n) is 11.1. The predicted molar refractivity (Wildman–Crippen MR) is 112 cm³/mol. The summed E-state index contributed by atoms with van der Waals surface area (Å²) in [5.74, 6) is 2.05. The summed E-state index contributed by atoms with van der Waals surface area (Å²) >= 11 is 0. The number of hydrogen-bond donors (Lipinski definition) is 4. The van der Waals surface area contributed by atoms with Gasteiger partial charge in [0, 0.05) is 59.0 Å². The third kappa shape index (κ3) is 2.25. The molecule has 6 nitrogen and oxygen atoms in total. The highest BCUT2D eigenvalue weighted by atomic mass is 16.3. The van der Waals surface area contributed by atoms with Crippen LogP contribution in [0.3, 0.4) is 0 Å².